The van der Waals surface area contributed by atoms with Crippen LogP contribution in [0.15, 0.2) is 0 Å². The van der Waals surface area contributed by atoms with E-state index >= 15 is 0 Å². The van der Waals surface area contributed by atoms with Crippen LogP contribution in [0.25, 0.3) is 0 Å². The number of amides is 2. The maximum absolute atomic E-state index is 11.4. The Balaban J connectivity index is 2.38. The van der Waals surface area contributed by atoms with Gasteiger partial charge in [-0.3, -0.25) is 0 Å². The van der Waals surface area contributed by atoms with Crippen LogP contribution < -0.4 is 5.32 Å². The van der Waals surface area contributed by atoms with E-state index in [1.165, 1.54) is 0 Å². The Morgan fingerprint density at radius 3 is 2.85 bits per heavy atom. The van der Waals surface area contributed by atoms with Gasteiger partial charge in [-0.15, -0.1) is 0 Å². The molecule has 0 aromatic heterocycles. The number of nitrogens with zero attached hydrogens (tertiary/aromatic N) is 2. The van der Waals surface area contributed by atoms with Gasteiger partial charge in [0.05, 0.1) is 12.0 Å². The van der Waals surface area contributed by atoms with Crippen molar-refractivity contribution in [3.8, 4) is 6.07 Å². The van der Waals surface area contributed by atoms with Crippen molar-refractivity contribution in [3.05, 3.63) is 0 Å². The summed E-state index contributed by atoms with van der Waals surface area (Å²) in [5.74, 6) is 0.0258. The third-order valence-electron chi connectivity index (χ3n) is 2.07. The Labute approximate surface area is 78.5 Å². The number of rotatable bonds is 1. The summed E-state index contributed by atoms with van der Waals surface area (Å²) in [5, 5.41) is 11.4. The predicted octanol–water partition coefficient (Wildman–Crippen LogP) is 0.950. The molecule has 1 saturated heterocycles. The van der Waals surface area contributed by atoms with Crippen molar-refractivity contribution >= 4 is 6.03 Å². The Bertz CT molecular complexity index is 232. The minimum absolute atomic E-state index is 0.0258. The molecule has 0 unspecified atom stereocenters. The molecule has 0 spiro atoms. The van der Waals surface area contributed by atoms with Crippen LogP contribution in [0.3, 0.4) is 0 Å². The number of hydrogen-bond acceptors (Lipinski definition) is 2. The fourth-order valence-corrected chi connectivity index (χ4v) is 1.39. The van der Waals surface area contributed by atoms with Gasteiger partial charge in [-0.25, -0.2) is 4.79 Å². The number of likely N-dealkylation sites (tertiary alicyclic amines) is 1. The number of carbonyl (C=O) groups is 1. The second-order valence-corrected chi connectivity index (χ2v) is 3.66. The van der Waals surface area contributed by atoms with Gasteiger partial charge in [0, 0.05) is 19.1 Å². The number of carbonyl (C=O) groups excluding carboxylic acids is 1. The molecule has 0 radical (unpaired) electrons. The lowest BCUT2D eigenvalue weighted by atomic mass is 10.1. The molecule has 0 aromatic carbocycles. The fourth-order valence-electron chi connectivity index (χ4n) is 1.39. The average molecular weight is 181 g/mol. The third-order valence-corrected chi connectivity index (χ3v) is 2.07. The zero-order chi connectivity index (χ0) is 9.84. The second-order valence-electron chi connectivity index (χ2n) is 3.66. The maximum Gasteiger partial charge on any atom is 0.317 e. The van der Waals surface area contributed by atoms with E-state index in [9.17, 15) is 4.79 Å². The zero-order valence-corrected chi connectivity index (χ0v) is 8.08. The molecule has 1 aliphatic rings. The molecule has 0 aliphatic carbocycles. The van der Waals surface area contributed by atoms with Gasteiger partial charge < -0.3 is 10.2 Å². The Morgan fingerprint density at radius 1 is 1.69 bits per heavy atom. The first-order valence-corrected chi connectivity index (χ1v) is 4.58. The summed E-state index contributed by atoms with van der Waals surface area (Å²) in [5.41, 5.74) is 0. The van der Waals surface area contributed by atoms with Gasteiger partial charge in [0.25, 0.3) is 0 Å². The zero-order valence-electron chi connectivity index (χ0n) is 8.08. The van der Waals surface area contributed by atoms with Crippen LogP contribution in [0.1, 0.15) is 20.3 Å². The molecular formula is C9H15N3O. The van der Waals surface area contributed by atoms with E-state index in [1.54, 1.807) is 4.90 Å². The molecule has 1 heterocycles. The molecular weight excluding hydrogens is 166 g/mol. The summed E-state index contributed by atoms with van der Waals surface area (Å²) in [6.45, 7) is 5.14. The van der Waals surface area contributed by atoms with Crippen LogP contribution in [-0.4, -0.2) is 30.1 Å². The molecule has 0 saturated carbocycles. The molecule has 1 fully saturated rings. The second kappa shape index (κ2) is 4.13. The first-order valence-electron chi connectivity index (χ1n) is 4.58. The topological polar surface area (TPSA) is 56.1 Å². The monoisotopic (exact) mass is 181 g/mol. The van der Waals surface area contributed by atoms with Gasteiger partial charge in [-0.05, 0) is 20.3 Å². The van der Waals surface area contributed by atoms with Crippen LogP contribution in [-0.2, 0) is 0 Å². The molecule has 1 atom stereocenters. The highest BCUT2D eigenvalue weighted by atomic mass is 16.2. The summed E-state index contributed by atoms with van der Waals surface area (Å²) < 4.78 is 0. The first kappa shape index (κ1) is 9.85. The highest BCUT2D eigenvalue weighted by Gasteiger charge is 2.25. The van der Waals surface area contributed by atoms with E-state index in [0.29, 0.717) is 13.1 Å². The van der Waals surface area contributed by atoms with Crippen LogP contribution in [0.2, 0.25) is 0 Å². The van der Waals surface area contributed by atoms with E-state index in [1.807, 2.05) is 13.8 Å². The van der Waals surface area contributed by atoms with Crippen molar-refractivity contribution < 1.29 is 4.79 Å². The standard InChI is InChI=1S/C9H15N3O/c1-7(2)11-9(13)12-4-3-8(5-10)6-12/h7-8H,3-4,6H2,1-2H3,(H,11,13)/t8-/m1/s1. The lowest BCUT2D eigenvalue weighted by molar-refractivity contribution is 0.205. The van der Waals surface area contributed by atoms with Crippen molar-refractivity contribution in [2.24, 2.45) is 5.92 Å². The maximum atomic E-state index is 11.4. The molecule has 13 heavy (non-hydrogen) atoms. The van der Waals surface area contributed by atoms with E-state index in [4.69, 9.17) is 5.26 Å². The summed E-state index contributed by atoms with van der Waals surface area (Å²) in [7, 11) is 0. The Morgan fingerprint density at radius 2 is 2.38 bits per heavy atom. The SMILES string of the molecule is CC(C)NC(=O)N1CC[C@H](C#N)C1. The van der Waals surface area contributed by atoms with Crippen molar-refractivity contribution in [3.63, 3.8) is 0 Å². The smallest absolute Gasteiger partial charge is 0.317 e. The molecule has 2 amide bonds. The van der Waals surface area contributed by atoms with E-state index in [0.717, 1.165) is 6.42 Å². The molecule has 1 aliphatic heterocycles. The van der Waals surface area contributed by atoms with E-state index < -0.39 is 0 Å². The summed E-state index contributed by atoms with van der Waals surface area (Å²) >= 11 is 0. The van der Waals surface area contributed by atoms with Gasteiger partial charge in [-0.1, -0.05) is 0 Å². The summed E-state index contributed by atoms with van der Waals surface area (Å²) in [6.07, 6.45) is 0.808. The predicted molar refractivity (Wildman–Crippen MR) is 49.0 cm³/mol. The first-order chi connectivity index (χ1) is 6.13. The average Bonchev–Trinajstić information content (AvgIpc) is 2.50. The van der Waals surface area contributed by atoms with Crippen LogP contribution in [0, 0.1) is 17.2 Å². The van der Waals surface area contributed by atoms with Crippen molar-refractivity contribution in [2.75, 3.05) is 13.1 Å². The molecule has 1 rings (SSSR count). The normalized spacial score (nSPS) is 21.7. The Kier molecular flexibility index (Phi) is 3.13. The molecule has 72 valence electrons. The fraction of sp³-hybridized carbons (Fsp3) is 0.778. The largest absolute Gasteiger partial charge is 0.336 e. The van der Waals surface area contributed by atoms with E-state index in [2.05, 4.69) is 11.4 Å². The van der Waals surface area contributed by atoms with Crippen molar-refractivity contribution in [1.29, 1.82) is 5.26 Å². The number of nitrogens with one attached hydrogen (secondary N) is 1. The Hall–Kier alpha value is -1.24. The van der Waals surface area contributed by atoms with Crippen LogP contribution in [0.4, 0.5) is 4.79 Å². The molecule has 4 nitrogen and oxygen atoms in total. The third kappa shape index (κ3) is 2.62. The van der Waals surface area contributed by atoms with Gasteiger partial charge in [0.1, 0.15) is 0 Å². The minimum Gasteiger partial charge on any atom is -0.336 e. The number of hydrogen-bond donors (Lipinski definition) is 1. The summed E-state index contributed by atoms with van der Waals surface area (Å²) in [4.78, 5) is 13.1. The lowest BCUT2D eigenvalue weighted by Gasteiger charge is -2.18. The number of urea groups is 1. The highest BCUT2D eigenvalue weighted by molar-refractivity contribution is 5.74. The van der Waals surface area contributed by atoms with Crippen molar-refractivity contribution in [2.45, 2.75) is 26.3 Å². The molecule has 4 heteroatoms. The van der Waals surface area contributed by atoms with Gasteiger partial charge in [0.2, 0.25) is 0 Å². The highest BCUT2D eigenvalue weighted by Crippen LogP contribution is 2.14. The lowest BCUT2D eigenvalue weighted by Crippen LogP contribution is -2.41. The van der Waals surface area contributed by atoms with Crippen molar-refractivity contribution in [1.82, 2.24) is 10.2 Å². The molecule has 1 N–H and O–H groups in total. The minimum atomic E-state index is -0.0484. The van der Waals surface area contributed by atoms with Gasteiger partial charge >= 0.3 is 6.03 Å². The van der Waals surface area contributed by atoms with Gasteiger partial charge in [0.15, 0.2) is 0 Å². The van der Waals surface area contributed by atoms with Gasteiger partial charge in [-0.2, -0.15) is 5.26 Å². The van der Waals surface area contributed by atoms with Crippen LogP contribution >= 0.6 is 0 Å². The molecule has 0 bridgehead atoms. The number of nitriles is 1. The quantitative estimate of drug-likeness (QED) is 0.654. The molecule has 0 aromatic rings. The van der Waals surface area contributed by atoms with E-state index in [-0.39, 0.29) is 18.0 Å². The van der Waals surface area contributed by atoms with Crippen LogP contribution in [0.5, 0.6) is 0 Å². The summed E-state index contributed by atoms with van der Waals surface area (Å²) in [6, 6.07) is 2.29.